The topological polar surface area (TPSA) is 336 Å². The average Bonchev–Trinajstić information content (AvgIpc) is 3.20. The quantitative estimate of drug-likeness (QED) is 0.0404. The molecule has 0 unspecified atom stereocenters. The lowest BCUT2D eigenvalue weighted by Gasteiger charge is -2.29. The molecule has 0 aliphatic heterocycles. The molecule has 1 aromatic rings. The van der Waals surface area contributed by atoms with Crippen LogP contribution in [0.4, 0.5) is 0 Å². The van der Waals surface area contributed by atoms with Crippen molar-refractivity contribution in [2.24, 2.45) is 34.8 Å². The lowest BCUT2D eigenvalue weighted by Crippen LogP contribution is -2.61. The third-order valence-electron chi connectivity index (χ3n) is 10.1. The predicted octanol–water partition coefficient (Wildman–Crippen LogP) is -0.590. The van der Waals surface area contributed by atoms with E-state index in [0.29, 0.717) is 64.6 Å². The van der Waals surface area contributed by atoms with Gasteiger partial charge in [0.1, 0.15) is 36.3 Å². The van der Waals surface area contributed by atoms with Crippen molar-refractivity contribution in [1.82, 2.24) is 31.9 Å². The Labute approximate surface area is 366 Å². The molecule has 0 aromatic heterocycles. The molecule has 1 rings (SSSR count). The maximum Gasteiger partial charge on any atom is 0.326 e. The van der Waals surface area contributed by atoms with Gasteiger partial charge in [0.15, 0.2) is 0 Å². The van der Waals surface area contributed by atoms with E-state index in [9.17, 15) is 43.8 Å². The summed E-state index contributed by atoms with van der Waals surface area (Å²) in [7, 11) is 0. The largest absolute Gasteiger partial charge is 0.480 e. The summed E-state index contributed by atoms with van der Waals surface area (Å²) in [6.45, 7) is 9.61. The van der Waals surface area contributed by atoms with E-state index in [2.05, 4.69) is 31.9 Å². The third kappa shape index (κ3) is 21.9. The summed E-state index contributed by atoms with van der Waals surface area (Å²) in [5, 5.41) is 36.0. The monoisotopic (exact) mass is 877 g/mol. The van der Waals surface area contributed by atoms with Gasteiger partial charge in [-0.15, -0.1) is 0 Å². The van der Waals surface area contributed by atoms with E-state index in [1.54, 1.807) is 26.0 Å². The highest BCUT2D eigenvalue weighted by Crippen LogP contribution is 2.12. The number of hydrogen-bond acceptors (Lipinski definition) is 12. The Morgan fingerprint density at radius 2 is 0.919 bits per heavy atom. The Morgan fingerprint density at radius 1 is 0.516 bits per heavy atom. The molecule has 0 bridgehead atoms. The van der Waals surface area contributed by atoms with E-state index < -0.39 is 89.8 Å². The summed E-state index contributed by atoms with van der Waals surface area (Å²) in [6.07, 6.45) is 2.64. The summed E-state index contributed by atoms with van der Waals surface area (Å²) in [4.78, 5) is 94.1. The summed E-state index contributed by atoms with van der Waals surface area (Å²) in [5.41, 5.74) is 23.9. The van der Waals surface area contributed by atoms with E-state index in [1.165, 1.54) is 6.92 Å². The number of rotatable bonds is 32. The number of nitrogens with two attached hydrogens (primary N) is 4. The van der Waals surface area contributed by atoms with Crippen LogP contribution in [0.3, 0.4) is 0 Å². The van der Waals surface area contributed by atoms with Crippen molar-refractivity contribution in [3.63, 3.8) is 0 Å². The molecule has 0 saturated heterocycles. The van der Waals surface area contributed by atoms with E-state index >= 15 is 0 Å². The highest BCUT2D eigenvalue weighted by atomic mass is 16.4. The number of aliphatic hydroxyl groups excluding tert-OH is 1. The Hall–Kier alpha value is -4.69. The van der Waals surface area contributed by atoms with Crippen molar-refractivity contribution in [3.8, 4) is 0 Å². The molecule has 16 N–H and O–H groups in total. The summed E-state index contributed by atoms with van der Waals surface area (Å²) in [5.74, 6) is -5.76. The van der Waals surface area contributed by atoms with Crippen LogP contribution in [-0.2, 0) is 40.0 Å². The number of aliphatic hydroxyl groups is 1. The number of aliphatic carboxylic acids is 1. The first kappa shape index (κ1) is 55.3. The second kappa shape index (κ2) is 30.4. The number of unbranched alkanes of at least 4 members (excludes halogenated alkanes) is 3. The molecule has 62 heavy (non-hydrogen) atoms. The Balaban J connectivity index is 3.39. The molecular formula is C43H76N10O9. The fourth-order valence-corrected chi connectivity index (χ4v) is 6.63. The smallest absolute Gasteiger partial charge is 0.326 e. The van der Waals surface area contributed by atoms with Crippen molar-refractivity contribution >= 4 is 41.4 Å². The Kier molecular flexibility index (Phi) is 27.1. The number of benzene rings is 1. The summed E-state index contributed by atoms with van der Waals surface area (Å²) >= 11 is 0. The first-order valence-electron chi connectivity index (χ1n) is 22.0. The van der Waals surface area contributed by atoms with Crippen molar-refractivity contribution < 1.29 is 43.8 Å². The van der Waals surface area contributed by atoms with Gasteiger partial charge in [0.2, 0.25) is 35.4 Å². The molecule has 0 radical (unpaired) electrons. The molecule has 19 nitrogen and oxygen atoms in total. The number of nitrogens with one attached hydrogen (secondary N) is 6. The van der Waals surface area contributed by atoms with Crippen molar-refractivity contribution in [2.75, 3.05) is 19.6 Å². The third-order valence-corrected chi connectivity index (χ3v) is 10.1. The minimum atomic E-state index is -1.56. The van der Waals surface area contributed by atoms with Crippen LogP contribution in [0.1, 0.15) is 111 Å². The van der Waals surface area contributed by atoms with E-state index in [-0.39, 0.29) is 43.9 Å². The highest BCUT2D eigenvalue weighted by Gasteiger charge is 2.35. The van der Waals surface area contributed by atoms with Crippen LogP contribution in [0.5, 0.6) is 0 Å². The molecule has 0 saturated carbocycles. The van der Waals surface area contributed by atoms with E-state index in [0.717, 1.165) is 5.56 Å². The lowest BCUT2D eigenvalue weighted by molar-refractivity contribution is -0.143. The van der Waals surface area contributed by atoms with Crippen LogP contribution >= 0.6 is 0 Å². The molecule has 8 atom stereocenters. The van der Waals surface area contributed by atoms with Crippen molar-refractivity contribution in [1.29, 1.82) is 0 Å². The molecule has 0 aliphatic rings. The lowest BCUT2D eigenvalue weighted by atomic mass is 9.99. The normalized spacial score (nSPS) is 15.2. The van der Waals surface area contributed by atoms with Crippen LogP contribution in [0.15, 0.2) is 30.3 Å². The van der Waals surface area contributed by atoms with Gasteiger partial charge in [0, 0.05) is 6.42 Å². The van der Waals surface area contributed by atoms with Gasteiger partial charge in [0.25, 0.3) is 0 Å². The number of hydrogen-bond donors (Lipinski definition) is 12. The minimum absolute atomic E-state index is 0.0781. The molecule has 0 aliphatic carbocycles. The number of carboxylic acid groups (broad SMARTS) is 1. The molecule has 0 spiro atoms. The van der Waals surface area contributed by atoms with Gasteiger partial charge in [-0.05, 0) is 108 Å². The highest BCUT2D eigenvalue weighted by molar-refractivity contribution is 5.97. The van der Waals surface area contributed by atoms with Crippen LogP contribution in [0, 0.1) is 11.8 Å². The second-order valence-electron chi connectivity index (χ2n) is 16.8. The zero-order valence-electron chi connectivity index (χ0n) is 37.3. The summed E-state index contributed by atoms with van der Waals surface area (Å²) < 4.78 is 0. The fourth-order valence-electron chi connectivity index (χ4n) is 6.63. The Bertz CT molecular complexity index is 1530. The van der Waals surface area contributed by atoms with Crippen LogP contribution in [0.2, 0.25) is 0 Å². The second-order valence-corrected chi connectivity index (χ2v) is 16.8. The van der Waals surface area contributed by atoms with Gasteiger partial charge in [-0.1, -0.05) is 64.4 Å². The summed E-state index contributed by atoms with van der Waals surface area (Å²) in [6, 6.07) is 0.640. The van der Waals surface area contributed by atoms with Gasteiger partial charge in [-0.2, -0.15) is 0 Å². The molecule has 352 valence electrons. The van der Waals surface area contributed by atoms with Crippen LogP contribution < -0.4 is 54.8 Å². The number of amides is 6. The Morgan fingerprint density at radius 3 is 1.39 bits per heavy atom. The first-order valence-corrected chi connectivity index (χ1v) is 22.0. The minimum Gasteiger partial charge on any atom is -0.480 e. The van der Waals surface area contributed by atoms with Crippen molar-refractivity contribution in [2.45, 2.75) is 160 Å². The van der Waals surface area contributed by atoms with Crippen LogP contribution in [0.25, 0.3) is 0 Å². The standard InChI is InChI=1S/C43H76N10O9/c1-26(2)23-33(51-41(59)34(25-29-15-7-6-8-16-29)50-37(55)30(47)17-9-12-20-44)40(58)49-31(18-10-13-21-45)38(56)48-32(19-11-14-22-46)39(57)53-36(28(5)54)42(60)52-35(43(61)62)24-27(3)4/h6-8,15-16,26-28,30-36,54H,9-14,17-25,44-47H2,1-5H3,(H,48,56)(H,49,58)(H,50,55)(H,51,59)(H,52,60)(H,53,57)(H,61,62)/t28-,30+,31+,32+,33+,34+,35+,36+/m1/s1. The maximum atomic E-state index is 14.1. The van der Waals surface area contributed by atoms with E-state index in [1.807, 2.05) is 32.0 Å². The number of carbonyl (C=O) groups is 7. The van der Waals surface area contributed by atoms with Gasteiger partial charge in [0.05, 0.1) is 12.1 Å². The van der Waals surface area contributed by atoms with Crippen molar-refractivity contribution in [3.05, 3.63) is 35.9 Å². The van der Waals surface area contributed by atoms with Gasteiger partial charge in [-0.25, -0.2) is 4.79 Å². The molecule has 0 fully saturated rings. The zero-order chi connectivity index (χ0) is 46.8. The van der Waals surface area contributed by atoms with Crippen LogP contribution in [-0.4, -0.2) is 120 Å². The van der Waals surface area contributed by atoms with Gasteiger partial charge >= 0.3 is 5.97 Å². The zero-order valence-corrected chi connectivity index (χ0v) is 37.3. The van der Waals surface area contributed by atoms with E-state index in [4.69, 9.17) is 22.9 Å². The van der Waals surface area contributed by atoms with Gasteiger partial charge in [-0.3, -0.25) is 28.8 Å². The molecule has 19 heteroatoms. The SMILES string of the molecule is CC(C)C[C@H](NC(=O)[C@@H](NC(=O)[C@H](CCCCN)NC(=O)[C@H](CCCCN)NC(=O)[C@H](CC(C)C)NC(=O)[C@H](Cc1ccccc1)NC(=O)[C@@H](N)CCCCN)[C@@H](C)O)C(=O)O. The average molecular weight is 877 g/mol. The number of carbonyl (C=O) groups excluding carboxylic acids is 6. The number of carboxylic acids is 1. The molecule has 0 heterocycles. The first-order chi connectivity index (χ1) is 29.3. The molecule has 6 amide bonds. The molecule has 1 aromatic carbocycles. The maximum absolute atomic E-state index is 14.1. The predicted molar refractivity (Wildman–Crippen MR) is 237 cm³/mol. The fraction of sp³-hybridized carbons (Fsp3) is 0.698. The molecular weight excluding hydrogens is 801 g/mol. The van der Waals surface area contributed by atoms with Gasteiger partial charge < -0.3 is 65.0 Å².